The number of benzene rings is 2. The van der Waals surface area contributed by atoms with Crippen LogP contribution in [0.2, 0.25) is 0 Å². The molecular formula is C19H17F2NO2. The molecule has 0 fully saturated rings. The number of rotatable bonds is 4. The highest BCUT2D eigenvalue weighted by Crippen LogP contribution is 2.28. The average Bonchev–Trinajstić information content (AvgIpc) is 2.99. The zero-order valence-electron chi connectivity index (χ0n) is 13.2. The fourth-order valence-corrected chi connectivity index (χ4v) is 2.66. The Balaban J connectivity index is 1.64. The van der Waals surface area contributed by atoms with Crippen LogP contribution < -0.4 is 10.1 Å². The smallest absolute Gasteiger partial charge is 0.244 e. The van der Waals surface area contributed by atoms with Gasteiger partial charge in [-0.1, -0.05) is 6.07 Å². The summed E-state index contributed by atoms with van der Waals surface area (Å²) in [5.74, 6) is -0.790. The molecule has 0 aromatic heterocycles. The molecule has 3 rings (SSSR count). The molecule has 1 amide bonds. The van der Waals surface area contributed by atoms with Crippen LogP contribution in [0.15, 0.2) is 42.5 Å². The molecule has 0 saturated heterocycles. The Morgan fingerprint density at radius 3 is 2.71 bits per heavy atom. The van der Waals surface area contributed by atoms with Crippen LogP contribution in [-0.4, -0.2) is 12.5 Å². The van der Waals surface area contributed by atoms with Crippen LogP contribution in [0.25, 0.3) is 6.08 Å². The van der Waals surface area contributed by atoms with Crippen molar-refractivity contribution >= 4 is 12.0 Å². The van der Waals surface area contributed by atoms with Crippen molar-refractivity contribution < 1.29 is 18.3 Å². The topological polar surface area (TPSA) is 38.3 Å². The molecule has 24 heavy (non-hydrogen) atoms. The van der Waals surface area contributed by atoms with Gasteiger partial charge in [0, 0.05) is 18.6 Å². The maximum Gasteiger partial charge on any atom is 0.244 e. The predicted molar refractivity (Wildman–Crippen MR) is 87.6 cm³/mol. The molecule has 0 bridgehead atoms. The number of carbonyl (C=O) groups excluding carboxylic acids is 1. The first-order chi connectivity index (χ1) is 11.5. The zero-order valence-corrected chi connectivity index (χ0v) is 13.2. The number of nitrogens with one attached hydrogen (secondary N) is 1. The molecule has 1 heterocycles. The van der Waals surface area contributed by atoms with Crippen molar-refractivity contribution in [1.82, 2.24) is 5.32 Å². The van der Waals surface area contributed by atoms with Crippen LogP contribution in [0.1, 0.15) is 29.7 Å². The Bertz CT molecular complexity index is 782. The van der Waals surface area contributed by atoms with E-state index in [-0.39, 0.29) is 11.9 Å². The van der Waals surface area contributed by atoms with E-state index in [4.69, 9.17) is 4.74 Å². The highest BCUT2D eigenvalue weighted by atomic mass is 19.1. The Hall–Kier alpha value is -2.69. The summed E-state index contributed by atoms with van der Waals surface area (Å²) in [6, 6.07) is 8.79. The monoisotopic (exact) mass is 329 g/mol. The van der Waals surface area contributed by atoms with Gasteiger partial charge in [0.2, 0.25) is 5.91 Å². The lowest BCUT2D eigenvalue weighted by Gasteiger charge is -2.14. The van der Waals surface area contributed by atoms with Crippen molar-refractivity contribution in [2.45, 2.75) is 19.4 Å². The summed E-state index contributed by atoms with van der Waals surface area (Å²) in [5, 5.41) is 2.83. The molecule has 1 unspecified atom stereocenters. The SMILES string of the molecule is CC(NC(=O)C=Cc1cc(F)cc(F)c1)c1ccc2c(c1)CCO2. The molecule has 1 aliphatic rings. The van der Waals surface area contributed by atoms with Gasteiger partial charge in [0.1, 0.15) is 17.4 Å². The maximum absolute atomic E-state index is 13.1. The van der Waals surface area contributed by atoms with Crippen molar-refractivity contribution in [1.29, 1.82) is 0 Å². The molecule has 5 heteroatoms. The minimum Gasteiger partial charge on any atom is -0.493 e. The van der Waals surface area contributed by atoms with Gasteiger partial charge in [-0.2, -0.15) is 0 Å². The highest BCUT2D eigenvalue weighted by Gasteiger charge is 2.15. The molecule has 3 nitrogen and oxygen atoms in total. The Kier molecular flexibility index (Phi) is 4.60. The van der Waals surface area contributed by atoms with Gasteiger partial charge in [0.05, 0.1) is 12.6 Å². The summed E-state index contributed by atoms with van der Waals surface area (Å²) in [6.07, 6.45) is 3.51. The summed E-state index contributed by atoms with van der Waals surface area (Å²) in [6.45, 7) is 2.57. The lowest BCUT2D eigenvalue weighted by Crippen LogP contribution is -2.24. The van der Waals surface area contributed by atoms with Gasteiger partial charge in [-0.25, -0.2) is 8.78 Å². The Morgan fingerprint density at radius 1 is 1.21 bits per heavy atom. The molecule has 2 aromatic rings. The van der Waals surface area contributed by atoms with Crippen LogP contribution in [0.3, 0.4) is 0 Å². The van der Waals surface area contributed by atoms with E-state index in [1.807, 2.05) is 25.1 Å². The van der Waals surface area contributed by atoms with Gasteiger partial charge in [-0.3, -0.25) is 4.79 Å². The van der Waals surface area contributed by atoms with Crippen molar-refractivity contribution in [2.75, 3.05) is 6.61 Å². The number of hydrogen-bond acceptors (Lipinski definition) is 2. The van der Waals surface area contributed by atoms with E-state index in [1.54, 1.807) is 0 Å². The third-order valence-electron chi connectivity index (χ3n) is 3.88. The Labute approximate surface area is 139 Å². The van der Waals surface area contributed by atoms with E-state index >= 15 is 0 Å². The first kappa shape index (κ1) is 16.2. The summed E-state index contributed by atoms with van der Waals surface area (Å²) in [7, 11) is 0. The molecule has 1 atom stereocenters. The average molecular weight is 329 g/mol. The molecule has 0 spiro atoms. The highest BCUT2D eigenvalue weighted by molar-refractivity contribution is 5.91. The van der Waals surface area contributed by atoms with Crippen molar-refractivity contribution in [3.63, 3.8) is 0 Å². The first-order valence-electron chi connectivity index (χ1n) is 7.71. The predicted octanol–water partition coefficient (Wildman–Crippen LogP) is 3.79. The fraction of sp³-hybridized carbons (Fsp3) is 0.211. The zero-order chi connectivity index (χ0) is 17.1. The molecular weight excluding hydrogens is 312 g/mol. The number of carbonyl (C=O) groups is 1. The summed E-state index contributed by atoms with van der Waals surface area (Å²) < 4.78 is 31.7. The molecule has 0 aliphatic carbocycles. The molecule has 0 radical (unpaired) electrons. The van der Waals surface area contributed by atoms with Crippen LogP contribution in [0, 0.1) is 11.6 Å². The number of fused-ring (bicyclic) bond motifs is 1. The summed E-state index contributed by atoms with van der Waals surface area (Å²) in [5.41, 5.74) is 2.42. The maximum atomic E-state index is 13.1. The van der Waals surface area contributed by atoms with E-state index in [1.165, 1.54) is 12.2 Å². The minimum absolute atomic E-state index is 0.183. The summed E-state index contributed by atoms with van der Waals surface area (Å²) >= 11 is 0. The van der Waals surface area contributed by atoms with Crippen molar-refractivity contribution in [2.24, 2.45) is 0 Å². The second-order valence-electron chi connectivity index (χ2n) is 5.73. The number of amides is 1. The van der Waals surface area contributed by atoms with E-state index in [0.29, 0.717) is 12.2 Å². The van der Waals surface area contributed by atoms with Crippen LogP contribution in [0.5, 0.6) is 5.75 Å². The Morgan fingerprint density at radius 2 is 1.96 bits per heavy atom. The quantitative estimate of drug-likeness (QED) is 0.867. The third kappa shape index (κ3) is 3.79. The first-order valence-corrected chi connectivity index (χ1v) is 7.71. The van der Waals surface area contributed by atoms with E-state index in [9.17, 15) is 13.6 Å². The fourth-order valence-electron chi connectivity index (χ4n) is 2.66. The molecule has 0 saturated carbocycles. The van der Waals surface area contributed by atoms with E-state index in [0.717, 1.165) is 41.5 Å². The second-order valence-corrected chi connectivity index (χ2v) is 5.73. The third-order valence-corrected chi connectivity index (χ3v) is 3.88. The largest absolute Gasteiger partial charge is 0.493 e. The minimum atomic E-state index is -0.677. The van der Waals surface area contributed by atoms with Crippen molar-refractivity contribution in [3.8, 4) is 5.75 Å². The summed E-state index contributed by atoms with van der Waals surface area (Å²) in [4.78, 5) is 12.0. The lowest BCUT2D eigenvalue weighted by atomic mass is 10.0. The molecule has 124 valence electrons. The van der Waals surface area contributed by atoms with Gasteiger partial charge in [0.25, 0.3) is 0 Å². The number of hydrogen-bond donors (Lipinski definition) is 1. The van der Waals surface area contributed by atoms with Crippen LogP contribution in [0.4, 0.5) is 8.78 Å². The standard InChI is InChI=1S/C19H17F2NO2/c1-12(14-3-4-18-15(10-14)6-7-24-18)22-19(23)5-2-13-8-16(20)11-17(21)9-13/h2-5,8-12H,6-7H2,1H3,(H,22,23). The molecule has 2 aromatic carbocycles. The van der Waals surface area contributed by atoms with Crippen molar-refractivity contribution in [3.05, 3.63) is 70.8 Å². The molecule has 1 aliphatic heterocycles. The van der Waals surface area contributed by atoms with Gasteiger partial charge in [0.15, 0.2) is 0 Å². The molecule has 1 N–H and O–H groups in total. The normalized spacial score (nSPS) is 14.3. The van der Waals surface area contributed by atoms with E-state index in [2.05, 4.69) is 5.32 Å². The van der Waals surface area contributed by atoms with E-state index < -0.39 is 11.6 Å². The van der Waals surface area contributed by atoms with Gasteiger partial charge in [-0.05, 0) is 54.0 Å². The van der Waals surface area contributed by atoms with Gasteiger partial charge in [-0.15, -0.1) is 0 Å². The second kappa shape index (κ2) is 6.83. The van der Waals surface area contributed by atoms with Gasteiger partial charge >= 0.3 is 0 Å². The lowest BCUT2D eigenvalue weighted by molar-refractivity contribution is -0.117. The number of halogens is 2. The van der Waals surface area contributed by atoms with Crippen LogP contribution in [-0.2, 0) is 11.2 Å². The van der Waals surface area contributed by atoms with Gasteiger partial charge < -0.3 is 10.1 Å². The van der Waals surface area contributed by atoms with Crippen LogP contribution >= 0.6 is 0 Å². The number of ether oxygens (including phenoxy) is 1.